The first-order valence-electron chi connectivity index (χ1n) is 21.7. The van der Waals surface area contributed by atoms with Crippen molar-refractivity contribution in [2.24, 2.45) is 0 Å². The van der Waals surface area contributed by atoms with Crippen molar-refractivity contribution in [3.63, 3.8) is 0 Å². The summed E-state index contributed by atoms with van der Waals surface area (Å²) in [6.07, 6.45) is 4.10. The van der Waals surface area contributed by atoms with E-state index in [1.165, 1.54) is 6.07 Å². The predicted octanol–water partition coefficient (Wildman–Crippen LogP) is 9.02. The van der Waals surface area contributed by atoms with Crippen LogP contribution in [0.3, 0.4) is 0 Å². The van der Waals surface area contributed by atoms with Crippen LogP contribution in [0, 0.1) is 39.0 Å². The lowest BCUT2D eigenvalue weighted by atomic mass is 10.0. The molecule has 17 nitrogen and oxygen atoms in total. The van der Waals surface area contributed by atoms with Gasteiger partial charge >= 0.3 is 5.69 Å². The van der Waals surface area contributed by atoms with E-state index in [9.17, 15) is 19.6 Å². The number of nitrogens with one attached hydrogen (secondary N) is 4. The third kappa shape index (κ3) is 12.8. The van der Waals surface area contributed by atoms with Crippen molar-refractivity contribution in [2.45, 2.75) is 68.5 Å². The minimum Gasteiger partial charge on any atom is -0.384 e. The molecule has 366 valence electrons. The van der Waals surface area contributed by atoms with E-state index in [2.05, 4.69) is 55.7 Å². The number of carbonyl (C=O) groups is 2. The van der Waals surface area contributed by atoms with E-state index >= 15 is 0 Å². The molecule has 9 aromatic rings. The van der Waals surface area contributed by atoms with E-state index in [1.54, 1.807) is 42.7 Å². The maximum atomic E-state index is 13.2. The quantitative estimate of drug-likeness (QED) is 0.0707. The Morgan fingerprint density at radius 1 is 0.653 bits per heavy atom. The number of H-pyrrole nitrogens is 2. The zero-order valence-electron chi connectivity index (χ0n) is 38.3. The summed E-state index contributed by atoms with van der Waals surface area (Å²) in [5.41, 5.74) is 22.5. The van der Waals surface area contributed by atoms with E-state index in [-0.39, 0.29) is 44.7 Å². The molecule has 8 N–H and O–H groups in total. The summed E-state index contributed by atoms with van der Waals surface area (Å²) in [5, 5.41) is 24.5. The maximum Gasteiger partial charge on any atom is 0.340 e. The molecule has 0 fully saturated rings. The fraction of sp³-hybridized carbons (Fsp3) is 0.189. The second-order valence-corrected chi connectivity index (χ2v) is 17.4. The Bertz CT molecular complexity index is 3560. The van der Waals surface area contributed by atoms with Gasteiger partial charge in [-0.2, -0.15) is 10.4 Å². The van der Waals surface area contributed by atoms with Crippen molar-refractivity contribution in [3.05, 3.63) is 191 Å². The first-order chi connectivity index (χ1) is 33.6. The number of anilines is 2. The van der Waals surface area contributed by atoms with Crippen molar-refractivity contribution >= 4 is 68.5 Å². The third-order valence-electron chi connectivity index (χ3n) is 11.3. The van der Waals surface area contributed by atoms with Crippen LogP contribution < -0.4 is 27.8 Å². The SMILES string of the molecule is C.C.Cc1cc(N)nc(C)c1CNC(=O)c1cc(C#N)nc(Cc2ccc3ncc(Cl)cc3c2)c1.Cc1cc(N)nc(C)c1CNC(=O)c1cc(Cc2ccc3ncc(Cl)cc3c2)nc(-c2n[nH]c(=O)[nH]2)c1. The molecule has 7 aromatic heterocycles. The van der Waals surface area contributed by atoms with Crippen molar-refractivity contribution < 1.29 is 9.59 Å². The lowest BCUT2D eigenvalue weighted by molar-refractivity contribution is 0.0942. The first kappa shape index (κ1) is 52.8. The average molecular weight is 1000 g/mol. The van der Waals surface area contributed by atoms with Crippen molar-refractivity contribution in [3.8, 4) is 17.6 Å². The first-order valence-corrected chi connectivity index (χ1v) is 22.5. The topological polar surface area (TPSA) is 273 Å². The number of hydrogen-bond acceptors (Lipinski definition) is 13. The molecule has 72 heavy (non-hydrogen) atoms. The summed E-state index contributed by atoms with van der Waals surface area (Å²) < 4.78 is 0. The molecule has 0 radical (unpaired) electrons. The molecular formula is C53H52Cl2N14O3. The van der Waals surface area contributed by atoms with Crippen LogP contribution >= 0.6 is 23.2 Å². The fourth-order valence-corrected chi connectivity index (χ4v) is 8.32. The van der Waals surface area contributed by atoms with Crippen LogP contribution in [-0.2, 0) is 25.9 Å². The lowest BCUT2D eigenvalue weighted by Gasteiger charge is -2.13. The van der Waals surface area contributed by atoms with E-state index in [0.717, 1.165) is 66.6 Å². The summed E-state index contributed by atoms with van der Waals surface area (Å²) in [5.74, 6) is 0.537. The van der Waals surface area contributed by atoms with Gasteiger partial charge in [-0.05, 0) is 134 Å². The number of benzene rings is 2. The Morgan fingerprint density at radius 3 is 1.60 bits per heavy atom. The second kappa shape index (κ2) is 22.9. The van der Waals surface area contributed by atoms with Crippen LogP contribution in [0.1, 0.15) is 97.4 Å². The Morgan fingerprint density at radius 2 is 1.14 bits per heavy atom. The standard InChI is InChI=1S/C26H23ClN8O2.C25H21ClN6O.2CH4/c1-13-5-23(28)31-14(2)20(13)12-30-25(36)17-9-19(32-22(10-17)24-33-26(37)35-34-24)7-15-3-4-21-16(6-15)8-18(27)11-29-21;1-14-5-24(28)31-15(2)22(14)13-30-25(33)18-9-20(32-21(10-18)11-27)7-16-3-4-23-17(6-16)8-19(26)12-29-23;;/h3-6,8-11H,7,12H2,1-2H3,(H2,28,31)(H,30,36)(H2,33,34,35,37);3-6,8-10,12H,7,13H2,1-2H3,(H2,28,31)(H,30,33);2*1H4. The number of nitrogens with two attached hydrogens (primary N) is 2. The summed E-state index contributed by atoms with van der Waals surface area (Å²) in [6, 6.07) is 27.5. The average Bonchev–Trinajstić information content (AvgIpc) is 3.76. The number of amides is 2. The normalized spacial score (nSPS) is 10.6. The minimum absolute atomic E-state index is 0. The highest BCUT2D eigenvalue weighted by Gasteiger charge is 2.17. The predicted molar refractivity (Wildman–Crippen MR) is 283 cm³/mol. The van der Waals surface area contributed by atoms with Gasteiger partial charge < -0.3 is 22.1 Å². The molecule has 0 saturated carbocycles. The zero-order valence-corrected chi connectivity index (χ0v) is 39.8. The lowest BCUT2D eigenvalue weighted by Crippen LogP contribution is -2.24. The number of aryl methyl sites for hydroxylation is 4. The highest BCUT2D eigenvalue weighted by molar-refractivity contribution is 6.31. The van der Waals surface area contributed by atoms with Gasteiger partial charge in [0.05, 0.1) is 21.1 Å². The van der Waals surface area contributed by atoms with Gasteiger partial charge in [0.2, 0.25) is 0 Å². The number of fused-ring (bicyclic) bond motifs is 2. The molecule has 9 rings (SSSR count). The molecule has 0 spiro atoms. The van der Waals surface area contributed by atoms with Gasteiger partial charge in [0.15, 0.2) is 5.82 Å². The van der Waals surface area contributed by atoms with Crippen LogP contribution in [0.4, 0.5) is 11.6 Å². The summed E-state index contributed by atoms with van der Waals surface area (Å²) in [4.78, 5) is 66.5. The number of nitrogens with zero attached hydrogens (tertiary/aromatic N) is 8. The van der Waals surface area contributed by atoms with Crippen LogP contribution in [0.5, 0.6) is 0 Å². The maximum absolute atomic E-state index is 13.2. The molecule has 0 aliphatic heterocycles. The molecule has 2 amide bonds. The number of rotatable bonds is 11. The van der Waals surface area contributed by atoms with Gasteiger partial charge in [-0.1, -0.05) is 50.2 Å². The molecule has 0 aliphatic rings. The highest BCUT2D eigenvalue weighted by Crippen LogP contribution is 2.24. The fourth-order valence-electron chi connectivity index (χ4n) is 7.99. The Kier molecular flexibility index (Phi) is 16.8. The molecule has 0 unspecified atom stereocenters. The van der Waals surface area contributed by atoms with Gasteiger partial charge in [-0.3, -0.25) is 24.5 Å². The van der Waals surface area contributed by atoms with E-state index in [0.29, 0.717) is 69.3 Å². The smallest absolute Gasteiger partial charge is 0.340 e. The largest absolute Gasteiger partial charge is 0.384 e. The summed E-state index contributed by atoms with van der Waals surface area (Å²) in [7, 11) is 0. The second-order valence-electron chi connectivity index (χ2n) is 16.5. The van der Waals surface area contributed by atoms with E-state index in [1.807, 2.05) is 82.3 Å². The number of pyridine rings is 6. The van der Waals surface area contributed by atoms with E-state index in [4.69, 9.17) is 34.7 Å². The Labute approximate surface area is 425 Å². The molecule has 0 aliphatic carbocycles. The van der Waals surface area contributed by atoms with Gasteiger partial charge in [-0.25, -0.2) is 29.8 Å². The number of aromatic nitrogens is 9. The van der Waals surface area contributed by atoms with Crippen molar-refractivity contribution in [1.29, 1.82) is 5.26 Å². The number of halogens is 2. The number of carbonyl (C=O) groups excluding carboxylic acids is 2. The number of hydrogen-bond donors (Lipinski definition) is 6. The van der Waals surface area contributed by atoms with Gasteiger partial charge in [0, 0.05) is 83.0 Å². The Hall–Kier alpha value is -8.59. The number of nitrogen functional groups attached to an aromatic ring is 2. The Balaban J connectivity index is 0.000000230. The van der Waals surface area contributed by atoms with Crippen molar-refractivity contribution in [2.75, 3.05) is 11.5 Å². The highest BCUT2D eigenvalue weighted by atomic mass is 35.5. The van der Waals surface area contributed by atoms with Crippen LogP contribution in [0.25, 0.3) is 33.3 Å². The van der Waals surface area contributed by atoms with Crippen LogP contribution in [0.2, 0.25) is 10.0 Å². The molecule has 0 bridgehead atoms. The summed E-state index contributed by atoms with van der Waals surface area (Å²) in [6.45, 7) is 8.16. The van der Waals surface area contributed by atoms with Gasteiger partial charge in [0.25, 0.3) is 11.8 Å². The van der Waals surface area contributed by atoms with Crippen molar-refractivity contribution in [1.82, 2.24) is 55.7 Å². The summed E-state index contributed by atoms with van der Waals surface area (Å²) >= 11 is 12.2. The molecule has 0 saturated heterocycles. The molecule has 2 aromatic carbocycles. The van der Waals surface area contributed by atoms with Crippen LogP contribution in [-0.4, -0.2) is 56.9 Å². The van der Waals surface area contributed by atoms with Gasteiger partial charge in [0.1, 0.15) is 29.1 Å². The van der Waals surface area contributed by atoms with E-state index < -0.39 is 5.69 Å². The van der Waals surface area contributed by atoms with Gasteiger partial charge in [-0.15, -0.1) is 0 Å². The third-order valence-corrected chi connectivity index (χ3v) is 11.7. The monoisotopic (exact) mass is 1000 g/mol. The molecule has 0 atom stereocenters. The zero-order chi connectivity index (χ0) is 49.6. The molecule has 7 heterocycles. The molecule has 19 heteroatoms. The van der Waals surface area contributed by atoms with Crippen LogP contribution in [0.15, 0.2) is 102 Å². The number of nitriles is 1. The minimum atomic E-state index is -0.464. The number of aromatic amines is 2. The molecular weight excluding hydrogens is 952 g/mol.